The fraction of sp³-hybridized carbons (Fsp3) is 0.600. The van der Waals surface area contributed by atoms with Crippen LogP contribution in [0.25, 0.3) is 0 Å². The van der Waals surface area contributed by atoms with Crippen molar-refractivity contribution >= 4 is 0 Å². The van der Waals surface area contributed by atoms with Gasteiger partial charge in [-0.25, -0.2) is 4.39 Å². The number of methoxy groups -OCH3 is 1. The van der Waals surface area contributed by atoms with Crippen molar-refractivity contribution in [2.75, 3.05) is 20.3 Å². The van der Waals surface area contributed by atoms with E-state index in [0.717, 1.165) is 26.1 Å². The van der Waals surface area contributed by atoms with Gasteiger partial charge in [0.25, 0.3) is 0 Å². The lowest BCUT2D eigenvalue weighted by Gasteiger charge is -2.32. The molecule has 1 unspecified atom stereocenters. The zero-order valence-corrected chi connectivity index (χ0v) is 11.5. The Morgan fingerprint density at radius 2 is 2.11 bits per heavy atom. The molecule has 0 radical (unpaired) electrons. The second-order valence-corrected chi connectivity index (χ2v) is 5.35. The van der Waals surface area contributed by atoms with Gasteiger partial charge >= 0.3 is 0 Å². The van der Waals surface area contributed by atoms with E-state index in [0.29, 0.717) is 18.1 Å². The summed E-state index contributed by atoms with van der Waals surface area (Å²) in [6.07, 6.45) is 2.34. The zero-order chi connectivity index (χ0) is 13.9. The van der Waals surface area contributed by atoms with Crippen molar-refractivity contribution in [3.63, 3.8) is 0 Å². The van der Waals surface area contributed by atoms with E-state index < -0.39 is 11.4 Å². The monoisotopic (exact) mass is 268 g/mol. The fourth-order valence-corrected chi connectivity index (χ4v) is 2.81. The molecule has 0 saturated carbocycles. The summed E-state index contributed by atoms with van der Waals surface area (Å²) in [7, 11) is 1.49. The Morgan fingerprint density at radius 3 is 2.74 bits per heavy atom. The molecule has 1 saturated heterocycles. The number of ether oxygens (including phenoxy) is 2. The second kappa shape index (κ2) is 5.88. The van der Waals surface area contributed by atoms with Gasteiger partial charge in [-0.15, -0.1) is 0 Å². The molecule has 0 amide bonds. The molecular weight excluding hydrogens is 247 g/mol. The maximum absolute atomic E-state index is 14.0. The van der Waals surface area contributed by atoms with Crippen LogP contribution in [-0.2, 0) is 10.3 Å². The third-order valence-corrected chi connectivity index (χ3v) is 3.76. The minimum absolute atomic E-state index is 0.254. The summed E-state index contributed by atoms with van der Waals surface area (Å²) in [5, 5.41) is 10.7. The average Bonchev–Trinajstić information content (AvgIpc) is 2.38. The van der Waals surface area contributed by atoms with Gasteiger partial charge in [0.2, 0.25) is 0 Å². The summed E-state index contributed by atoms with van der Waals surface area (Å²) in [5.41, 5.74) is -0.970. The molecule has 1 N–H and O–H groups in total. The minimum Gasteiger partial charge on any atom is -0.496 e. The quantitative estimate of drug-likeness (QED) is 0.912. The maximum Gasteiger partial charge on any atom is 0.133 e. The van der Waals surface area contributed by atoms with Crippen molar-refractivity contribution in [2.24, 2.45) is 5.92 Å². The first-order valence-electron chi connectivity index (χ1n) is 6.67. The van der Waals surface area contributed by atoms with Crippen LogP contribution in [-0.4, -0.2) is 25.4 Å². The summed E-state index contributed by atoms with van der Waals surface area (Å²) in [4.78, 5) is 0. The van der Waals surface area contributed by atoms with Crippen LogP contribution in [0.5, 0.6) is 5.75 Å². The largest absolute Gasteiger partial charge is 0.496 e. The van der Waals surface area contributed by atoms with Gasteiger partial charge in [-0.05, 0) is 44.2 Å². The van der Waals surface area contributed by atoms with E-state index in [1.165, 1.54) is 13.2 Å². The predicted octanol–water partition coefficient (Wildman–Crippen LogP) is 2.86. The molecule has 2 rings (SSSR count). The molecule has 1 fully saturated rings. The van der Waals surface area contributed by atoms with E-state index in [4.69, 9.17) is 9.47 Å². The number of rotatable bonds is 4. The molecule has 106 valence electrons. The lowest BCUT2D eigenvalue weighted by Crippen LogP contribution is -2.29. The zero-order valence-electron chi connectivity index (χ0n) is 11.5. The number of halogens is 1. The highest BCUT2D eigenvalue weighted by Crippen LogP contribution is 2.38. The van der Waals surface area contributed by atoms with Crippen LogP contribution in [0.4, 0.5) is 4.39 Å². The number of hydrogen-bond donors (Lipinski definition) is 1. The first kappa shape index (κ1) is 14.3. The maximum atomic E-state index is 14.0. The Morgan fingerprint density at radius 1 is 1.42 bits per heavy atom. The first-order valence-corrected chi connectivity index (χ1v) is 6.67. The molecule has 1 aromatic carbocycles. The van der Waals surface area contributed by atoms with E-state index in [1.54, 1.807) is 19.1 Å². The second-order valence-electron chi connectivity index (χ2n) is 5.35. The van der Waals surface area contributed by atoms with Crippen LogP contribution in [0.15, 0.2) is 18.2 Å². The van der Waals surface area contributed by atoms with Crippen LogP contribution in [0, 0.1) is 11.7 Å². The topological polar surface area (TPSA) is 38.7 Å². The summed E-state index contributed by atoms with van der Waals surface area (Å²) >= 11 is 0. The molecule has 3 nitrogen and oxygen atoms in total. The lowest BCUT2D eigenvalue weighted by atomic mass is 9.82. The van der Waals surface area contributed by atoms with E-state index in [2.05, 4.69) is 0 Å². The molecule has 1 aliphatic rings. The first-order chi connectivity index (χ1) is 9.04. The van der Waals surface area contributed by atoms with Crippen molar-refractivity contribution in [1.82, 2.24) is 0 Å². The third kappa shape index (κ3) is 3.25. The van der Waals surface area contributed by atoms with Gasteiger partial charge in [-0.2, -0.15) is 0 Å². The Hall–Kier alpha value is -1.13. The Kier molecular flexibility index (Phi) is 4.42. The minimum atomic E-state index is -1.22. The molecule has 4 heteroatoms. The lowest BCUT2D eigenvalue weighted by molar-refractivity contribution is -0.00639. The van der Waals surface area contributed by atoms with Crippen LogP contribution in [0.1, 0.15) is 31.7 Å². The molecule has 19 heavy (non-hydrogen) atoms. The molecular formula is C15H21FO3. The van der Waals surface area contributed by atoms with E-state index >= 15 is 0 Å². The van der Waals surface area contributed by atoms with E-state index in [9.17, 15) is 9.50 Å². The highest BCUT2D eigenvalue weighted by atomic mass is 19.1. The fourth-order valence-electron chi connectivity index (χ4n) is 2.81. The third-order valence-electron chi connectivity index (χ3n) is 3.76. The van der Waals surface area contributed by atoms with Gasteiger partial charge in [0.05, 0.1) is 18.3 Å². The van der Waals surface area contributed by atoms with Crippen molar-refractivity contribution in [3.8, 4) is 5.75 Å². The number of aliphatic hydroxyl groups is 1. The summed E-state index contributed by atoms with van der Waals surface area (Å²) in [6, 6.07) is 4.62. The predicted molar refractivity (Wildman–Crippen MR) is 70.7 cm³/mol. The van der Waals surface area contributed by atoms with Gasteiger partial charge < -0.3 is 14.6 Å². The Bertz CT molecular complexity index is 425. The number of hydrogen-bond acceptors (Lipinski definition) is 3. The molecule has 0 aromatic heterocycles. The molecule has 1 heterocycles. The van der Waals surface area contributed by atoms with E-state index in [-0.39, 0.29) is 5.56 Å². The summed E-state index contributed by atoms with van der Waals surface area (Å²) < 4.78 is 24.5. The Labute approximate surface area is 113 Å². The van der Waals surface area contributed by atoms with Gasteiger partial charge in [0, 0.05) is 13.2 Å². The van der Waals surface area contributed by atoms with E-state index in [1.807, 2.05) is 0 Å². The normalized spacial score (nSPS) is 20.0. The smallest absolute Gasteiger partial charge is 0.133 e. The van der Waals surface area contributed by atoms with Crippen LogP contribution >= 0.6 is 0 Å². The average molecular weight is 268 g/mol. The van der Waals surface area contributed by atoms with Gasteiger partial charge in [0.1, 0.15) is 11.6 Å². The van der Waals surface area contributed by atoms with Gasteiger partial charge in [-0.1, -0.05) is 6.07 Å². The molecule has 0 aliphatic carbocycles. The summed E-state index contributed by atoms with van der Waals surface area (Å²) in [6.45, 7) is 3.09. The van der Waals surface area contributed by atoms with Gasteiger partial charge in [0.15, 0.2) is 0 Å². The van der Waals surface area contributed by atoms with Crippen molar-refractivity contribution < 1.29 is 19.0 Å². The van der Waals surface area contributed by atoms with Crippen molar-refractivity contribution in [2.45, 2.75) is 31.8 Å². The standard InChI is InChI=1S/C15H21FO3/c1-15(17,10-11-6-8-19-9-7-11)14-12(16)4-3-5-13(14)18-2/h3-5,11,17H,6-10H2,1-2H3. The molecule has 0 bridgehead atoms. The van der Waals surface area contributed by atoms with Crippen LogP contribution in [0.3, 0.4) is 0 Å². The van der Waals surface area contributed by atoms with Crippen LogP contribution < -0.4 is 4.74 Å². The SMILES string of the molecule is COc1cccc(F)c1C(C)(O)CC1CCOCC1. The van der Waals surface area contributed by atoms with Crippen molar-refractivity contribution in [3.05, 3.63) is 29.6 Å². The number of benzene rings is 1. The summed E-state index contributed by atoms with van der Waals surface area (Å²) in [5.74, 6) is 0.335. The highest BCUT2D eigenvalue weighted by Gasteiger charge is 2.33. The van der Waals surface area contributed by atoms with Crippen molar-refractivity contribution in [1.29, 1.82) is 0 Å². The molecule has 1 aliphatic heterocycles. The van der Waals surface area contributed by atoms with Crippen LogP contribution in [0.2, 0.25) is 0 Å². The Balaban J connectivity index is 2.22. The highest BCUT2D eigenvalue weighted by molar-refractivity contribution is 5.38. The van der Waals surface area contributed by atoms with Gasteiger partial charge in [-0.3, -0.25) is 0 Å². The molecule has 1 aromatic rings. The molecule has 0 spiro atoms. The molecule has 1 atom stereocenters.